The van der Waals surface area contributed by atoms with E-state index < -0.39 is 18.1 Å². The maximum atomic E-state index is 12.1. The highest BCUT2D eigenvalue weighted by Gasteiger charge is 2.34. The van der Waals surface area contributed by atoms with E-state index in [1.807, 2.05) is 24.3 Å². The molecule has 0 bridgehead atoms. The SMILES string of the molecule is O=C(NCCOCC(=O)N1CSC[C@H]1C(=O)O)OCC1c2ccccc2-c2ccccc21. The number of carboxylic acids is 1. The standard InChI is InChI=1S/C23H24N2O6S/c26-21(25-14-32-13-20(25)22(27)28)12-30-10-9-24-23(29)31-11-19-17-7-3-1-5-15(17)16-6-2-4-8-18(16)19/h1-8,19-20H,9-14H2,(H,24,29)(H,27,28)/t20-/m0/s1. The summed E-state index contributed by atoms with van der Waals surface area (Å²) in [5, 5.41) is 11.7. The van der Waals surface area contributed by atoms with Crippen LogP contribution in [0.3, 0.4) is 0 Å². The van der Waals surface area contributed by atoms with Crippen LogP contribution in [-0.2, 0) is 19.1 Å². The Morgan fingerprint density at radius 3 is 2.38 bits per heavy atom. The van der Waals surface area contributed by atoms with Crippen LogP contribution < -0.4 is 5.32 Å². The third kappa shape index (κ3) is 4.73. The van der Waals surface area contributed by atoms with E-state index in [0.29, 0.717) is 11.6 Å². The van der Waals surface area contributed by atoms with Gasteiger partial charge < -0.3 is 24.8 Å². The molecule has 1 heterocycles. The molecule has 32 heavy (non-hydrogen) atoms. The first kappa shape index (κ1) is 22.2. The zero-order valence-corrected chi connectivity index (χ0v) is 18.2. The van der Waals surface area contributed by atoms with Crippen molar-refractivity contribution in [2.75, 3.05) is 38.0 Å². The molecule has 1 saturated heterocycles. The predicted octanol–water partition coefficient (Wildman–Crippen LogP) is 2.53. The molecule has 4 rings (SSSR count). The van der Waals surface area contributed by atoms with Gasteiger partial charge in [0.2, 0.25) is 5.91 Å². The number of carbonyl (C=O) groups is 3. The predicted molar refractivity (Wildman–Crippen MR) is 119 cm³/mol. The highest BCUT2D eigenvalue weighted by atomic mass is 32.2. The molecule has 0 spiro atoms. The summed E-state index contributed by atoms with van der Waals surface area (Å²) in [6, 6.07) is 15.4. The number of amides is 2. The molecule has 1 fully saturated rings. The maximum Gasteiger partial charge on any atom is 0.407 e. The lowest BCUT2D eigenvalue weighted by molar-refractivity contribution is -0.149. The van der Waals surface area contributed by atoms with E-state index in [1.165, 1.54) is 16.7 Å². The zero-order chi connectivity index (χ0) is 22.5. The van der Waals surface area contributed by atoms with Crippen LogP contribution >= 0.6 is 11.8 Å². The van der Waals surface area contributed by atoms with E-state index in [1.54, 1.807) is 0 Å². The number of alkyl carbamates (subject to hydrolysis) is 1. The third-order valence-electron chi connectivity index (χ3n) is 5.57. The van der Waals surface area contributed by atoms with Crippen LogP contribution in [0.1, 0.15) is 17.0 Å². The molecule has 2 aromatic rings. The van der Waals surface area contributed by atoms with E-state index in [2.05, 4.69) is 29.6 Å². The van der Waals surface area contributed by atoms with Gasteiger partial charge >= 0.3 is 12.1 Å². The first-order valence-corrected chi connectivity index (χ1v) is 11.5. The number of ether oxygens (including phenoxy) is 2. The largest absolute Gasteiger partial charge is 0.480 e. The summed E-state index contributed by atoms with van der Waals surface area (Å²) < 4.78 is 10.7. The molecule has 2 amide bonds. The van der Waals surface area contributed by atoms with Crippen molar-refractivity contribution in [3.63, 3.8) is 0 Å². The second-order valence-corrected chi connectivity index (χ2v) is 8.52. The van der Waals surface area contributed by atoms with Gasteiger partial charge in [0.25, 0.3) is 0 Å². The molecule has 0 radical (unpaired) electrons. The van der Waals surface area contributed by atoms with Gasteiger partial charge in [-0.3, -0.25) is 4.79 Å². The van der Waals surface area contributed by atoms with E-state index >= 15 is 0 Å². The molecule has 1 atom stereocenters. The number of nitrogens with one attached hydrogen (secondary N) is 1. The minimum absolute atomic E-state index is 0.0115. The molecular weight excluding hydrogens is 432 g/mol. The molecule has 9 heteroatoms. The van der Waals surface area contributed by atoms with Gasteiger partial charge in [0, 0.05) is 18.2 Å². The van der Waals surface area contributed by atoms with Gasteiger partial charge in [-0.15, -0.1) is 11.8 Å². The van der Waals surface area contributed by atoms with E-state index in [9.17, 15) is 14.4 Å². The number of thioether (sulfide) groups is 1. The number of hydrogen-bond acceptors (Lipinski definition) is 6. The minimum atomic E-state index is -1.01. The lowest BCUT2D eigenvalue weighted by Crippen LogP contribution is -2.43. The minimum Gasteiger partial charge on any atom is -0.480 e. The summed E-state index contributed by atoms with van der Waals surface area (Å²) >= 11 is 1.40. The average molecular weight is 457 g/mol. The van der Waals surface area contributed by atoms with Crippen molar-refractivity contribution in [2.24, 2.45) is 0 Å². The first-order chi connectivity index (χ1) is 15.6. The number of aliphatic carboxylic acids is 1. The second-order valence-electron chi connectivity index (χ2n) is 7.52. The van der Waals surface area contributed by atoms with Gasteiger partial charge in [0.05, 0.1) is 12.5 Å². The van der Waals surface area contributed by atoms with Gasteiger partial charge in [0.1, 0.15) is 19.3 Å². The number of fused-ring (bicyclic) bond motifs is 3. The van der Waals surface area contributed by atoms with Crippen molar-refractivity contribution in [1.29, 1.82) is 0 Å². The smallest absolute Gasteiger partial charge is 0.407 e. The number of carboxylic acid groups (broad SMARTS) is 1. The van der Waals surface area contributed by atoms with Crippen LogP contribution in [0.25, 0.3) is 11.1 Å². The summed E-state index contributed by atoms with van der Waals surface area (Å²) in [5.74, 6) is -0.673. The highest BCUT2D eigenvalue weighted by Crippen LogP contribution is 2.44. The molecule has 1 aliphatic heterocycles. The first-order valence-electron chi connectivity index (χ1n) is 10.3. The molecule has 0 saturated carbocycles. The third-order valence-corrected chi connectivity index (χ3v) is 6.58. The van der Waals surface area contributed by atoms with Gasteiger partial charge in [0.15, 0.2) is 0 Å². The Balaban J connectivity index is 1.19. The summed E-state index contributed by atoms with van der Waals surface area (Å²) in [5.41, 5.74) is 4.61. The number of rotatable bonds is 8. The van der Waals surface area contributed by atoms with Gasteiger partial charge in [-0.25, -0.2) is 9.59 Å². The number of benzene rings is 2. The quantitative estimate of drug-likeness (QED) is 0.588. The van der Waals surface area contributed by atoms with Gasteiger partial charge in [-0.1, -0.05) is 48.5 Å². The van der Waals surface area contributed by atoms with Gasteiger partial charge in [-0.05, 0) is 22.3 Å². The highest BCUT2D eigenvalue weighted by molar-refractivity contribution is 7.99. The molecule has 8 nitrogen and oxygen atoms in total. The van der Waals surface area contributed by atoms with Crippen molar-refractivity contribution in [2.45, 2.75) is 12.0 Å². The Labute approximate surface area is 189 Å². The zero-order valence-electron chi connectivity index (χ0n) is 17.4. The van der Waals surface area contributed by atoms with Gasteiger partial charge in [-0.2, -0.15) is 0 Å². The van der Waals surface area contributed by atoms with Crippen LogP contribution in [0.15, 0.2) is 48.5 Å². The molecule has 0 unspecified atom stereocenters. The van der Waals surface area contributed by atoms with Crippen molar-refractivity contribution < 1.29 is 29.0 Å². The fourth-order valence-electron chi connectivity index (χ4n) is 4.01. The van der Waals surface area contributed by atoms with E-state index in [-0.39, 0.29) is 38.2 Å². The van der Waals surface area contributed by atoms with Crippen molar-refractivity contribution in [3.05, 3.63) is 59.7 Å². The maximum absolute atomic E-state index is 12.1. The van der Waals surface area contributed by atoms with Crippen molar-refractivity contribution in [1.82, 2.24) is 10.2 Å². The number of hydrogen-bond donors (Lipinski definition) is 2. The van der Waals surface area contributed by atoms with Crippen molar-refractivity contribution in [3.8, 4) is 11.1 Å². The lowest BCUT2D eigenvalue weighted by atomic mass is 9.98. The lowest BCUT2D eigenvalue weighted by Gasteiger charge is -2.20. The number of carbonyl (C=O) groups excluding carboxylic acids is 2. The fourth-order valence-corrected chi connectivity index (χ4v) is 5.18. The molecule has 2 N–H and O–H groups in total. The monoisotopic (exact) mass is 456 g/mol. The van der Waals surface area contributed by atoms with Crippen LogP contribution in [0.2, 0.25) is 0 Å². The van der Waals surface area contributed by atoms with E-state index in [4.69, 9.17) is 14.6 Å². The Morgan fingerprint density at radius 2 is 1.72 bits per heavy atom. The topological polar surface area (TPSA) is 105 Å². The van der Waals surface area contributed by atoms with Crippen LogP contribution in [0.5, 0.6) is 0 Å². The molecule has 0 aromatic heterocycles. The Morgan fingerprint density at radius 1 is 1.06 bits per heavy atom. The van der Waals surface area contributed by atoms with Crippen LogP contribution in [0.4, 0.5) is 4.79 Å². The van der Waals surface area contributed by atoms with Crippen LogP contribution in [0, 0.1) is 0 Å². The Bertz CT molecular complexity index is 968. The summed E-state index contributed by atoms with van der Waals surface area (Å²) in [7, 11) is 0. The molecule has 1 aliphatic carbocycles. The summed E-state index contributed by atoms with van der Waals surface area (Å²) in [6.45, 7) is 0.300. The van der Waals surface area contributed by atoms with E-state index in [0.717, 1.165) is 22.3 Å². The Hall–Kier alpha value is -3.04. The molecule has 168 valence electrons. The van der Waals surface area contributed by atoms with Crippen LogP contribution in [-0.4, -0.2) is 72.0 Å². The summed E-state index contributed by atoms with van der Waals surface area (Å²) in [6.07, 6.45) is -0.552. The second kappa shape index (κ2) is 10.1. The molecule has 2 aromatic carbocycles. The average Bonchev–Trinajstić information content (AvgIpc) is 3.41. The molecule has 2 aliphatic rings. The Kier molecular flexibility index (Phi) is 6.96. The number of nitrogens with zero attached hydrogens (tertiary/aromatic N) is 1. The van der Waals surface area contributed by atoms with Crippen molar-refractivity contribution >= 4 is 29.7 Å². The molecular formula is C23H24N2O6S. The fraction of sp³-hybridized carbons (Fsp3) is 0.348. The normalized spacial score (nSPS) is 17.0. The summed E-state index contributed by atoms with van der Waals surface area (Å²) in [4.78, 5) is 36.7.